The molecule has 30 heavy (non-hydrogen) atoms. The molecule has 0 bridgehead atoms. The van der Waals surface area contributed by atoms with Gasteiger partial charge in [-0.25, -0.2) is 0 Å². The maximum atomic E-state index is 5.74. The van der Waals surface area contributed by atoms with Crippen molar-refractivity contribution in [3.63, 3.8) is 0 Å². The number of rotatable bonds is 10. The Hall–Kier alpha value is -2.60. The van der Waals surface area contributed by atoms with Crippen molar-refractivity contribution in [3.05, 3.63) is 41.3 Å². The Labute approximate surface area is 180 Å². The second-order valence-corrected chi connectivity index (χ2v) is 7.96. The number of ether oxygens (including phenoxy) is 1. The molecule has 1 N–H and O–H groups in total. The highest BCUT2D eigenvalue weighted by molar-refractivity contribution is 5.98. The van der Waals surface area contributed by atoms with Crippen LogP contribution in [0.1, 0.15) is 43.8 Å². The molecule has 6 heteroatoms. The number of aryl methyl sites for hydroxylation is 3. The highest BCUT2D eigenvalue weighted by Crippen LogP contribution is 2.34. The Kier molecular flexibility index (Phi) is 7.32. The van der Waals surface area contributed by atoms with Crippen LogP contribution in [0.15, 0.2) is 24.3 Å². The van der Waals surface area contributed by atoms with Crippen LogP contribution < -0.4 is 10.1 Å². The van der Waals surface area contributed by atoms with Gasteiger partial charge in [-0.3, -0.25) is 0 Å². The quantitative estimate of drug-likeness (QED) is 0.517. The summed E-state index contributed by atoms with van der Waals surface area (Å²) in [5.41, 5.74) is 4.44. The fourth-order valence-corrected chi connectivity index (χ4v) is 4.08. The smallest absolute Gasteiger partial charge is 0.158 e. The van der Waals surface area contributed by atoms with Crippen LogP contribution in [0.3, 0.4) is 0 Å². The summed E-state index contributed by atoms with van der Waals surface area (Å²) >= 11 is 0. The van der Waals surface area contributed by atoms with Gasteiger partial charge >= 0.3 is 0 Å². The third-order valence-electron chi connectivity index (χ3n) is 5.50. The van der Waals surface area contributed by atoms with Crippen LogP contribution in [0.4, 0.5) is 5.82 Å². The average molecular weight is 410 g/mol. The first-order valence-electron chi connectivity index (χ1n) is 11.0. The van der Waals surface area contributed by atoms with E-state index < -0.39 is 0 Å². The van der Waals surface area contributed by atoms with E-state index in [9.17, 15) is 0 Å². The van der Waals surface area contributed by atoms with Gasteiger partial charge in [0.15, 0.2) is 5.82 Å². The molecule has 0 aliphatic heterocycles. The van der Waals surface area contributed by atoms with E-state index in [0.717, 1.165) is 67.4 Å². The molecule has 0 radical (unpaired) electrons. The summed E-state index contributed by atoms with van der Waals surface area (Å²) in [5, 5.41) is 14.8. The minimum Gasteiger partial charge on any atom is -0.494 e. The zero-order chi connectivity index (χ0) is 21.7. The summed E-state index contributed by atoms with van der Waals surface area (Å²) in [5.74, 6) is 1.77. The number of benzene rings is 1. The summed E-state index contributed by atoms with van der Waals surface area (Å²) < 4.78 is 8.03. The van der Waals surface area contributed by atoms with Gasteiger partial charge < -0.3 is 19.5 Å². The molecule has 1 aromatic carbocycles. The molecule has 0 saturated heterocycles. The van der Waals surface area contributed by atoms with Crippen LogP contribution in [0, 0.1) is 20.8 Å². The standard InChI is InChI=1S/C24H35N5O/c1-7-14-28(6)15-13-25-24-23-19(5)29(18(4)22(23)17(3)26-27-24)20-9-11-21(12-10-20)30-16-8-2/h9-12H,7-8,13-16H2,1-6H3,(H,25,27). The molecular weight excluding hydrogens is 374 g/mol. The van der Waals surface area contributed by atoms with Gasteiger partial charge in [-0.05, 0) is 71.5 Å². The van der Waals surface area contributed by atoms with Gasteiger partial charge in [0.2, 0.25) is 0 Å². The van der Waals surface area contributed by atoms with Crippen LogP contribution >= 0.6 is 0 Å². The minimum absolute atomic E-state index is 0.740. The van der Waals surface area contributed by atoms with Gasteiger partial charge in [0.1, 0.15) is 5.75 Å². The van der Waals surface area contributed by atoms with Crippen LogP contribution in [-0.2, 0) is 0 Å². The average Bonchev–Trinajstić information content (AvgIpc) is 3.00. The van der Waals surface area contributed by atoms with Crippen molar-refractivity contribution in [1.29, 1.82) is 0 Å². The van der Waals surface area contributed by atoms with Crippen molar-refractivity contribution in [2.75, 3.05) is 38.6 Å². The number of aromatic nitrogens is 3. The number of fused-ring (bicyclic) bond motifs is 1. The van der Waals surface area contributed by atoms with Crippen molar-refractivity contribution in [3.8, 4) is 11.4 Å². The summed E-state index contributed by atoms with van der Waals surface area (Å²) in [7, 11) is 2.15. The number of likely N-dealkylation sites (N-methyl/N-ethyl adjacent to an activating group) is 1. The van der Waals surface area contributed by atoms with Gasteiger partial charge in [0.05, 0.1) is 12.3 Å². The maximum absolute atomic E-state index is 5.74. The van der Waals surface area contributed by atoms with Crippen molar-refractivity contribution in [2.45, 2.75) is 47.5 Å². The lowest BCUT2D eigenvalue weighted by atomic mass is 10.1. The van der Waals surface area contributed by atoms with E-state index in [0.29, 0.717) is 0 Å². The zero-order valence-electron chi connectivity index (χ0n) is 19.2. The molecule has 6 nitrogen and oxygen atoms in total. The predicted octanol–water partition coefficient (Wildman–Crippen LogP) is 4.89. The van der Waals surface area contributed by atoms with Crippen LogP contribution in [-0.4, -0.2) is 53.0 Å². The largest absolute Gasteiger partial charge is 0.494 e. The molecule has 0 atom stereocenters. The second-order valence-electron chi connectivity index (χ2n) is 7.96. The highest BCUT2D eigenvalue weighted by atomic mass is 16.5. The lowest BCUT2D eigenvalue weighted by Crippen LogP contribution is -2.26. The van der Waals surface area contributed by atoms with Crippen molar-refractivity contribution in [1.82, 2.24) is 19.7 Å². The van der Waals surface area contributed by atoms with E-state index >= 15 is 0 Å². The summed E-state index contributed by atoms with van der Waals surface area (Å²) in [6.45, 7) is 14.3. The normalized spacial score (nSPS) is 11.4. The van der Waals surface area contributed by atoms with Gasteiger partial charge in [-0.1, -0.05) is 13.8 Å². The first-order valence-corrected chi connectivity index (χ1v) is 11.0. The van der Waals surface area contributed by atoms with E-state index in [1.807, 2.05) is 19.1 Å². The van der Waals surface area contributed by atoms with Crippen LogP contribution in [0.5, 0.6) is 5.75 Å². The molecular formula is C24H35N5O. The maximum Gasteiger partial charge on any atom is 0.158 e. The Morgan fingerprint density at radius 1 is 0.933 bits per heavy atom. The SMILES string of the molecule is CCCOc1ccc(-n2c(C)c3c(C)nnc(NCCN(C)CCC)c3c2C)cc1. The fraction of sp³-hybridized carbons (Fsp3) is 0.500. The Bertz CT molecular complexity index is 978. The van der Waals surface area contributed by atoms with E-state index in [1.165, 1.54) is 16.8 Å². The third-order valence-corrected chi connectivity index (χ3v) is 5.50. The number of hydrogen-bond donors (Lipinski definition) is 1. The summed E-state index contributed by atoms with van der Waals surface area (Å²) in [6, 6.07) is 8.32. The molecule has 0 fully saturated rings. The Morgan fingerprint density at radius 2 is 1.63 bits per heavy atom. The lowest BCUT2D eigenvalue weighted by Gasteiger charge is -2.16. The molecule has 0 amide bonds. The summed E-state index contributed by atoms with van der Waals surface area (Å²) in [6.07, 6.45) is 2.17. The van der Waals surface area contributed by atoms with Gasteiger partial charge in [-0.15, -0.1) is 5.10 Å². The van der Waals surface area contributed by atoms with Crippen molar-refractivity contribution >= 4 is 16.6 Å². The number of anilines is 1. The minimum atomic E-state index is 0.740. The Morgan fingerprint density at radius 3 is 2.30 bits per heavy atom. The molecule has 2 heterocycles. The van der Waals surface area contributed by atoms with E-state index in [2.05, 4.69) is 71.9 Å². The highest BCUT2D eigenvalue weighted by Gasteiger charge is 2.19. The summed E-state index contributed by atoms with van der Waals surface area (Å²) in [4.78, 5) is 2.33. The predicted molar refractivity (Wildman–Crippen MR) is 125 cm³/mol. The van der Waals surface area contributed by atoms with E-state index in [-0.39, 0.29) is 0 Å². The number of hydrogen-bond acceptors (Lipinski definition) is 5. The first-order chi connectivity index (χ1) is 14.5. The molecule has 0 aliphatic rings. The fourth-order valence-electron chi connectivity index (χ4n) is 4.08. The lowest BCUT2D eigenvalue weighted by molar-refractivity contribution is 0.317. The third kappa shape index (κ3) is 4.59. The number of nitrogens with one attached hydrogen (secondary N) is 1. The topological polar surface area (TPSA) is 55.2 Å². The molecule has 0 unspecified atom stereocenters. The van der Waals surface area contributed by atoms with Crippen molar-refractivity contribution in [2.24, 2.45) is 0 Å². The van der Waals surface area contributed by atoms with Crippen molar-refractivity contribution < 1.29 is 4.74 Å². The first kappa shape index (κ1) is 22.1. The van der Waals surface area contributed by atoms with E-state index in [4.69, 9.17) is 4.74 Å². The molecule has 2 aromatic heterocycles. The molecule has 3 aromatic rings. The second kappa shape index (κ2) is 9.94. The van der Waals surface area contributed by atoms with Crippen LogP contribution in [0.25, 0.3) is 16.5 Å². The van der Waals surface area contributed by atoms with Gasteiger partial charge in [-0.2, -0.15) is 5.10 Å². The monoisotopic (exact) mass is 409 g/mol. The molecule has 0 spiro atoms. The molecule has 3 rings (SSSR count). The Balaban J connectivity index is 1.94. The van der Waals surface area contributed by atoms with Crippen LogP contribution in [0.2, 0.25) is 0 Å². The van der Waals surface area contributed by atoms with E-state index in [1.54, 1.807) is 0 Å². The van der Waals surface area contributed by atoms with Gasteiger partial charge in [0.25, 0.3) is 0 Å². The molecule has 0 saturated carbocycles. The number of nitrogens with zero attached hydrogens (tertiary/aromatic N) is 4. The van der Waals surface area contributed by atoms with Gasteiger partial charge in [0, 0.05) is 40.9 Å². The zero-order valence-corrected chi connectivity index (χ0v) is 19.2. The molecule has 162 valence electrons. The molecule has 0 aliphatic carbocycles.